The lowest BCUT2D eigenvalue weighted by atomic mass is 9.86. The van der Waals surface area contributed by atoms with Gasteiger partial charge >= 0.3 is 0 Å². The van der Waals surface area contributed by atoms with Gasteiger partial charge < -0.3 is 9.80 Å². The van der Waals surface area contributed by atoms with Crippen molar-refractivity contribution in [1.29, 1.82) is 0 Å². The number of anilines is 2. The van der Waals surface area contributed by atoms with Crippen molar-refractivity contribution in [1.82, 2.24) is 4.90 Å². The first kappa shape index (κ1) is 21.2. The highest BCUT2D eigenvalue weighted by Crippen LogP contribution is 2.35. The maximum Gasteiger partial charge on any atom is 0.241 e. The third-order valence-corrected chi connectivity index (χ3v) is 7.39. The second-order valence-electron chi connectivity index (χ2n) is 9.48. The topological polar surface area (TPSA) is 43.9 Å². The van der Waals surface area contributed by atoms with Gasteiger partial charge in [-0.15, -0.1) is 0 Å². The molecule has 1 saturated heterocycles. The second kappa shape index (κ2) is 9.45. The Morgan fingerprint density at radius 3 is 2.41 bits per heavy atom. The molecule has 2 amide bonds. The lowest BCUT2D eigenvalue weighted by molar-refractivity contribution is -0.124. The maximum atomic E-state index is 13.7. The average molecular weight is 432 g/mol. The molecule has 5 nitrogen and oxygen atoms in total. The Bertz CT molecular complexity index is 954. The number of piperazine rings is 1. The van der Waals surface area contributed by atoms with Crippen LogP contribution in [0.15, 0.2) is 54.6 Å². The molecule has 2 aromatic carbocycles. The number of carbonyl (C=O) groups excluding carboxylic acids is 2. The Morgan fingerprint density at radius 1 is 0.875 bits per heavy atom. The van der Waals surface area contributed by atoms with Gasteiger partial charge in [0.1, 0.15) is 0 Å². The van der Waals surface area contributed by atoms with E-state index in [1.165, 1.54) is 12.0 Å². The molecule has 32 heavy (non-hydrogen) atoms. The molecule has 168 valence electrons. The highest BCUT2D eigenvalue weighted by molar-refractivity contribution is 5.97. The summed E-state index contributed by atoms with van der Waals surface area (Å²) in [5, 5.41) is 0. The van der Waals surface area contributed by atoms with Crippen LogP contribution >= 0.6 is 0 Å². The summed E-state index contributed by atoms with van der Waals surface area (Å²) in [6.45, 7) is 2.71. The van der Waals surface area contributed by atoms with Gasteiger partial charge in [0.2, 0.25) is 11.8 Å². The van der Waals surface area contributed by atoms with Gasteiger partial charge in [-0.3, -0.25) is 14.5 Å². The van der Waals surface area contributed by atoms with Crippen molar-refractivity contribution in [2.24, 2.45) is 5.92 Å². The molecule has 5 heteroatoms. The maximum absolute atomic E-state index is 13.7. The SMILES string of the molecule is O=C1CN(CC2CCc3ccccc3N2C(=O)C2CCCCC2)CCN1c1ccccc1. The normalized spacial score (nSPS) is 22.6. The van der Waals surface area contributed by atoms with Gasteiger partial charge in [0, 0.05) is 43.0 Å². The summed E-state index contributed by atoms with van der Waals surface area (Å²) in [4.78, 5) is 32.9. The number of amides is 2. The highest BCUT2D eigenvalue weighted by atomic mass is 16.2. The third-order valence-electron chi connectivity index (χ3n) is 7.39. The van der Waals surface area contributed by atoms with E-state index in [9.17, 15) is 9.59 Å². The van der Waals surface area contributed by atoms with Crippen molar-refractivity contribution >= 4 is 23.2 Å². The Balaban J connectivity index is 1.32. The molecular weight excluding hydrogens is 398 g/mol. The molecule has 1 saturated carbocycles. The Morgan fingerprint density at radius 2 is 1.62 bits per heavy atom. The van der Waals surface area contributed by atoms with Gasteiger partial charge in [0.15, 0.2) is 0 Å². The largest absolute Gasteiger partial charge is 0.310 e. The minimum Gasteiger partial charge on any atom is -0.310 e. The molecular formula is C27H33N3O2. The van der Waals surface area contributed by atoms with E-state index in [1.54, 1.807) is 0 Å². The van der Waals surface area contributed by atoms with Crippen LogP contribution in [-0.2, 0) is 16.0 Å². The standard InChI is InChI=1S/C27H33N3O2/c31-26-20-28(17-18-29(26)23-12-5-2-6-13-23)19-24-16-15-21-9-7-8-14-25(21)30(24)27(32)22-10-3-1-4-11-22/h2,5-9,12-14,22,24H,1,3-4,10-11,15-20H2. The van der Waals surface area contributed by atoms with E-state index >= 15 is 0 Å². The number of hydrogen-bond donors (Lipinski definition) is 0. The van der Waals surface area contributed by atoms with Crippen LogP contribution in [0.5, 0.6) is 0 Å². The summed E-state index contributed by atoms with van der Waals surface area (Å²) < 4.78 is 0. The summed E-state index contributed by atoms with van der Waals surface area (Å²) in [5.41, 5.74) is 3.34. The fourth-order valence-electron chi connectivity index (χ4n) is 5.68. The fourth-order valence-corrected chi connectivity index (χ4v) is 5.68. The number of fused-ring (bicyclic) bond motifs is 1. The van der Waals surface area contributed by atoms with Crippen LogP contribution in [-0.4, -0.2) is 48.9 Å². The van der Waals surface area contributed by atoms with Crippen molar-refractivity contribution in [3.05, 3.63) is 60.2 Å². The number of rotatable bonds is 4. The van der Waals surface area contributed by atoms with Gasteiger partial charge in [-0.25, -0.2) is 0 Å². The zero-order valence-corrected chi connectivity index (χ0v) is 18.8. The van der Waals surface area contributed by atoms with E-state index < -0.39 is 0 Å². The van der Waals surface area contributed by atoms with E-state index in [0.717, 1.165) is 63.0 Å². The summed E-state index contributed by atoms with van der Waals surface area (Å²) in [6.07, 6.45) is 7.54. The predicted octanol–water partition coefficient (Wildman–Crippen LogP) is 4.26. The first-order valence-corrected chi connectivity index (χ1v) is 12.2. The Hall–Kier alpha value is -2.66. The van der Waals surface area contributed by atoms with Crippen molar-refractivity contribution in [3.8, 4) is 0 Å². The van der Waals surface area contributed by atoms with Gasteiger partial charge in [-0.1, -0.05) is 55.7 Å². The van der Waals surface area contributed by atoms with Crippen LogP contribution in [0.3, 0.4) is 0 Å². The van der Waals surface area contributed by atoms with Crippen molar-refractivity contribution in [2.45, 2.75) is 51.0 Å². The molecule has 1 aliphatic carbocycles. The van der Waals surface area contributed by atoms with E-state index in [-0.39, 0.29) is 17.9 Å². The molecule has 2 aliphatic heterocycles. The number of nitrogens with zero attached hydrogens (tertiary/aromatic N) is 3. The monoisotopic (exact) mass is 431 g/mol. The van der Waals surface area contributed by atoms with Gasteiger partial charge in [0.25, 0.3) is 0 Å². The number of carbonyl (C=O) groups is 2. The first-order valence-electron chi connectivity index (χ1n) is 12.2. The molecule has 0 spiro atoms. The lowest BCUT2D eigenvalue weighted by Crippen LogP contribution is -2.56. The van der Waals surface area contributed by atoms with Crippen LogP contribution in [0.4, 0.5) is 11.4 Å². The number of aryl methyl sites for hydroxylation is 1. The Kier molecular flexibility index (Phi) is 6.26. The van der Waals surface area contributed by atoms with Crippen LogP contribution < -0.4 is 9.80 Å². The summed E-state index contributed by atoms with van der Waals surface area (Å²) in [7, 11) is 0. The number of para-hydroxylation sites is 2. The quantitative estimate of drug-likeness (QED) is 0.726. The molecule has 0 radical (unpaired) electrons. The molecule has 1 unspecified atom stereocenters. The zero-order valence-electron chi connectivity index (χ0n) is 18.8. The molecule has 3 aliphatic rings. The van der Waals surface area contributed by atoms with E-state index in [4.69, 9.17) is 0 Å². The molecule has 0 aromatic heterocycles. The average Bonchev–Trinajstić information content (AvgIpc) is 2.85. The molecule has 0 bridgehead atoms. The second-order valence-corrected chi connectivity index (χ2v) is 9.48. The van der Waals surface area contributed by atoms with E-state index in [0.29, 0.717) is 19.0 Å². The van der Waals surface area contributed by atoms with Crippen molar-refractivity contribution < 1.29 is 9.59 Å². The fraction of sp³-hybridized carbons (Fsp3) is 0.481. The van der Waals surface area contributed by atoms with Gasteiger partial charge in [-0.05, 0) is 49.4 Å². The summed E-state index contributed by atoms with van der Waals surface area (Å²) >= 11 is 0. The number of benzene rings is 2. The Labute approximate surface area is 191 Å². The lowest BCUT2D eigenvalue weighted by Gasteiger charge is -2.43. The molecule has 0 N–H and O–H groups in total. The first-order chi connectivity index (χ1) is 15.7. The summed E-state index contributed by atoms with van der Waals surface area (Å²) in [5.74, 6) is 0.592. The van der Waals surface area contributed by atoms with E-state index in [1.807, 2.05) is 41.3 Å². The van der Waals surface area contributed by atoms with Crippen LogP contribution in [0.2, 0.25) is 0 Å². The molecule has 5 rings (SSSR count). The minimum atomic E-state index is 0.135. The highest BCUT2D eigenvalue weighted by Gasteiger charge is 2.37. The molecule has 2 heterocycles. The summed E-state index contributed by atoms with van der Waals surface area (Å²) in [6, 6.07) is 18.4. The zero-order chi connectivity index (χ0) is 21.9. The predicted molar refractivity (Wildman–Crippen MR) is 128 cm³/mol. The van der Waals surface area contributed by atoms with Crippen molar-refractivity contribution in [2.75, 3.05) is 36.0 Å². The smallest absolute Gasteiger partial charge is 0.241 e. The molecule has 2 aromatic rings. The van der Waals surface area contributed by atoms with Crippen LogP contribution in [0.1, 0.15) is 44.1 Å². The third kappa shape index (κ3) is 4.31. The van der Waals surface area contributed by atoms with Crippen LogP contribution in [0, 0.1) is 5.92 Å². The minimum absolute atomic E-state index is 0.135. The van der Waals surface area contributed by atoms with Crippen LogP contribution in [0.25, 0.3) is 0 Å². The number of hydrogen-bond acceptors (Lipinski definition) is 3. The molecule has 1 atom stereocenters. The van der Waals surface area contributed by atoms with Gasteiger partial charge in [0.05, 0.1) is 6.54 Å². The van der Waals surface area contributed by atoms with Crippen molar-refractivity contribution in [3.63, 3.8) is 0 Å². The van der Waals surface area contributed by atoms with E-state index in [2.05, 4.69) is 28.0 Å². The molecule has 2 fully saturated rings. The van der Waals surface area contributed by atoms with Gasteiger partial charge in [-0.2, -0.15) is 0 Å².